The number of nitrogens with zero attached hydrogens (tertiary/aromatic N) is 1. The number of rotatable bonds is 3. The Labute approximate surface area is 121 Å². The third-order valence-electron chi connectivity index (χ3n) is 3.45. The van der Waals surface area contributed by atoms with E-state index in [1.807, 2.05) is 18.2 Å². The lowest BCUT2D eigenvalue weighted by atomic mass is 10.2. The van der Waals surface area contributed by atoms with Crippen molar-refractivity contribution >= 4 is 22.5 Å². The SMILES string of the molecule is NCc1cc2ccccc2n1Cc1ccc(F)cc1Cl. The van der Waals surface area contributed by atoms with Crippen LogP contribution in [-0.4, -0.2) is 4.57 Å². The van der Waals surface area contributed by atoms with Gasteiger partial charge in [-0.15, -0.1) is 0 Å². The van der Waals surface area contributed by atoms with Gasteiger partial charge in [-0.3, -0.25) is 0 Å². The first-order valence-electron chi connectivity index (χ1n) is 6.40. The minimum absolute atomic E-state index is 0.324. The van der Waals surface area contributed by atoms with Gasteiger partial charge in [0.25, 0.3) is 0 Å². The van der Waals surface area contributed by atoms with E-state index >= 15 is 0 Å². The fraction of sp³-hybridized carbons (Fsp3) is 0.125. The Morgan fingerprint density at radius 2 is 1.90 bits per heavy atom. The van der Waals surface area contributed by atoms with E-state index in [9.17, 15) is 4.39 Å². The maximum atomic E-state index is 13.1. The van der Waals surface area contributed by atoms with Crippen LogP contribution in [0.4, 0.5) is 4.39 Å². The lowest BCUT2D eigenvalue weighted by Gasteiger charge is -2.11. The molecular weight excluding hydrogens is 275 g/mol. The van der Waals surface area contributed by atoms with Crippen molar-refractivity contribution in [1.29, 1.82) is 0 Å². The zero-order valence-corrected chi connectivity index (χ0v) is 11.6. The molecule has 102 valence electrons. The van der Waals surface area contributed by atoms with Gasteiger partial charge < -0.3 is 10.3 Å². The van der Waals surface area contributed by atoms with Gasteiger partial charge in [-0.25, -0.2) is 4.39 Å². The van der Waals surface area contributed by atoms with Gasteiger partial charge in [0.2, 0.25) is 0 Å². The highest BCUT2D eigenvalue weighted by atomic mass is 35.5. The van der Waals surface area contributed by atoms with Crippen molar-refractivity contribution in [2.24, 2.45) is 5.73 Å². The second kappa shape index (κ2) is 5.27. The van der Waals surface area contributed by atoms with Crippen molar-refractivity contribution in [3.63, 3.8) is 0 Å². The Morgan fingerprint density at radius 3 is 2.65 bits per heavy atom. The van der Waals surface area contributed by atoms with E-state index in [2.05, 4.69) is 16.7 Å². The number of hydrogen-bond acceptors (Lipinski definition) is 1. The summed E-state index contributed by atoms with van der Waals surface area (Å²) >= 11 is 6.11. The van der Waals surface area contributed by atoms with E-state index in [1.54, 1.807) is 6.07 Å². The molecule has 0 aliphatic rings. The normalized spacial score (nSPS) is 11.2. The molecule has 0 radical (unpaired) electrons. The van der Waals surface area contributed by atoms with Gasteiger partial charge in [-0.05, 0) is 35.2 Å². The van der Waals surface area contributed by atoms with E-state index in [0.717, 1.165) is 22.2 Å². The standard InChI is InChI=1S/C16H14ClFN2/c17-15-8-13(18)6-5-12(15)10-20-14(9-19)7-11-3-1-2-4-16(11)20/h1-8H,9-10,19H2. The van der Waals surface area contributed by atoms with Crippen LogP contribution in [-0.2, 0) is 13.1 Å². The molecular formula is C16H14ClFN2. The molecule has 0 amide bonds. The maximum absolute atomic E-state index is 13.1. The van der Waals surface area contributed by atoms with Crippen LogP contribution in [0, 0.1) is 5.82 Å². The first kappa shape index (κ1) is 13.2. The molecule has 0 aliphatic carbocycles. The molecule has 0 fully saturated rings. The van der Waals surface area contributed by atoms with E-state index < -0.39 is 0 Å². The molecule has 2 N–H and O–H groups in total. The molecule has 0 bridgehead atoms. The Kier molecular flexibility index (Phi) is 3.47. The number of para-hydroxylation sites is 1. The van der Waals surface area contributed by atoms with Crippen LogP contribution >= 0.6 is 11.6 Å². The number of hydrogen-bond donors (Lipinski definition) is 1. The molecule has 2 nitrogen and oxygen atoms in total. The van der Waals surface area contributed by atoms with Gasteiger partial charge in [0.1, 0.15) is 5.82 Å². The summed E-state index contributed by atoms with van der Waals surface area (Å²) in [4.78, 5) is 0. The number of fused-ring (bicyclic) bond motifs is 1. The molecule has 3 aromatic rings. The molecule has 1 aromatic heterocycles. The van der Waals surface area contributed by atoms with E-state index in [-0.39, 0.29) is 5.82 Å². The van der Waals surface area contributed by atoms with Crippen molar-refractivity contribution in [1.82, 2.24) is 4.57 Å². The van der Waals surface area contributed by atoms with Gasteiger partial charge >= 0.3 is 0 Å². The van der Waals surface area contributed by atoms with Gasteiger partial charge in [0.05, 0.1) is 0 Å². The summed E-state index contributed by atoms with van der Waals surface area (Å²) < 4.78 is 15.2. The minimum atomic E-state index is -0.324. The van der Waals surface area contributed by atoms with Gasteiger partial charge in [-0.1, -0.05) is 35.9 Å². The minimum Gasteiger partial charge on any atom is -0.339 e. The quantitative estimate of drug-likeness (QED) is 0.777. The van der Waals surface area contributed by atoms with Crippen LogP contribution in [0.3, 0.4) is 0 Å². The molecule has 0 spiro atoms. The summed E-state index contributed by atoms with van der Waals surface area (Å²) in [7, 11) is 0. The number of nitrogens with two attached hydrogens (primary N) is 1. The molecule has 0 aliphatic heterocycles. The lowest BCUT2D eigenvalue weighted by molar-refractivity contribution is 0.626. The van der Waals surface area contributed by atoms with Crippen molar-refractivity contribution in [2.45, 2.75) is 13.1 Å². The molecule has 2 aromatic carbocycles. The predicted octanol–water partition coefficient (Wildman–Crippen LogP) is 3.94. The summed E-state index contributed by atoms with van der Waals surface area (Å²) in [5, 5.41) is 1.58. The maximum Gasteiger partial charge on any atom is 0.124 e. The van der Waals surface area contributed by atoms with Crippen molar-refractivity contribution < 1.29 is 4.39 Å². The first-order valence-corrected chi connectivity index (χ1v) is 6.78. The van der Waals surface area contributed by atoms with Crippen LogP contribution < -0.4 is 5.73 Å². The van der Waals surface area contributed by atoms with E-state index in [0.29, 0.717) is 18.1 Å². The summed E-state index contributed by atoms with van der Waals surface area (Å²) in [6.45, 7) is 1.03. The number of aromatic nitrogens is 1. The smallest absolute Gasteiger partial charge is 0.124 e. The zero-order chi connectivity index (χ0) is 14.1. The molecule has 20 heavy (non-hydrogen) atoms. The van der Waals surface area contributed by atoms with Crippen LogP contribution in [0.5, 0.6) is 0 Å². The van der Waals surface area contributed by atoms with Crippen LogP contribution in [0.2, 0.25) is 5.02 Å². The predicted molar refractivity (Wildman–Crippen MR) is 80.3 cm³/mol. The average molecular weight is 289 g/mol. The van der Waals surface area contributed by atoms with Crippen LogP contribution in [0.15, 0.2) is 48.5 Å². The van der Waals surface area contributed by atoms with Crippen LogP contribution in [0.1, 0.15) is 11.3 Å². The largest absolute Gasteiger partial charge is 0.339 e. The van der Waals surface area contributed by atoms with Crippen molar-refractivity contribution in [3.8, 4) is 0 Å². The highest BCUT2D eigenvalue weighted by Crippen LogP contribution is 2.24. The highest BCUT2D eigenvalue weighted by molar-refractivity contribution is 6.31. The molecule has 0 unspecified atom stereocenters. The first-order chi connectivity index (χ1) is 9.69. The summed E-state index contributed by atoms with van der Waals surface area (Å²) in [5.41, 5.74) is 8.83. The van der Waals surface area contributed by atoms with Crippen LogP contribution in [0.25, 0.3) is 10.9 Å². The zero-order valence-electron chi connectivity index (χ0n) is 10.8. The Hall–Kier alpha value is -1.84. The second-order valence-corrected chi connectivity index (χ2v) is 5.13. The summed E-state index contributed by atoms with van der Waals surface area (Å²) in [5.74, 6) is -0.324. The topological polar surface area (TPSA) is 30.9 Å². The molecule has 0 atom stereocenters. The van der Waals surface area contributed by atoms with E-state index in [4.69, 9.17) is 17.3 Å². The van der Waals surface area contributed by atoms with Gasteiger partial charge in [-0.2, -0.15) is 0 Å². The molecule has 3 rings (SSSR count). The van der Waals surface area contributed by atoms with Crippen molar-refractivity contribution in [3.05, 3.63) is 70.6 Å². The van der Waals surface area contributed by atoms with E-state index in [1.165, 1.54) is 12.1 Å². The Balaban J connectivity index is 2.09. The molecule has 1 heterocycles. The third kappa shape index (κ3) is 2.30. The fourth-order valence-corrected chi connectivity index (χ4v) is 2.67. The highest BCUT2D eigenvalue weighted by Gasteiger charge is 2.10. The summed E-state index contributed by atoms with van der Waals surface area (Å²) in [6.07, 6.45) is 0. The molecule has 0 saturated heterocycles. The summed E-state index contributed by atoms with van der Waals surface area (Å²) in [6, 6.07) is 14.6. The monoisotopic (exact) mass is 288 g/mol. The fourth-order valence-electron chi connectivity index (χ4n) is 2.44. The lowest BCUT2D eigenvalue weighted by Crippen LogP contribution is -2.08. The van der Waals surface area contributed by atoms with Gasteiger partial charge in [0.15, 0.2) is 0 Å². The Bertz CT molecular complexity index is 764. The second-order valence-electron chi connectivity index (χ2n) is 4.72. The Morgan fingerprint density at radius 1 is 1.10 bits per heavy atom. The molecule has 0 saturated carbocycles. The average Bonchev–Trinajstić information content (AvgIpc) is 2.80. The van der Waals surface area contributed by atoms with Crippen molar-refractivity contribution in [2.75, 3.05) is 0 Å². The number of halogens is 2. The van der Waals surface area contributed by atoms with Gasteiger partial charge in [0, 0.05) is 29.3 Å². The molecule has 4 heteroatoms. The third-order valence-corrected chi connectivity index (χ3v) is 3.80. The number of benzene rings is 2.